The third-order valence-electron chi connectivity index (χ3n) is 6.21. The van der Waals surface area contributed by atoms with Crippen molar-refractivity contribution in [3.63, 3.8) is 0 Å². The van der Waals surface area contributed by atoms with Crippen LogP contribution < -0.4 is 0 Å². The summed E-state index contributed by atoms with van der Waals surface area (Å²) < 4.78 is 38.2. The first kappa shape index (κ1) is 14.8. The molecule has 1 spiro atoms. The molecule has 0 aromatic heterocycles. The maximum Gasteiger partial charge on any atom is 0.308 e. The minimum Gasteiger partial charge on any atom is -0.460 e. The second-order valence-electron chi connectivity index (χ2n) is 7.44. The van der Waals surface area contributed by atoms with Gasteiger partial charge >= 0.3 is 6.08 Å². The zero-order valence-corrected chi connectivity index (χ0v) is 13.1. The second kappa shape index (κ2) is 4.65. The zero-order valence-electron chi connectivity index (χ0n) is 13.1. The van der Waals surface area contributed by atoms with E-state index in [1.807, 2.05) is 0 Å². The molecule has 4 saturated heterocycles. The van der Waals surface area contributed by atoms with E-state index in [9.17, 15) is 8.78 Å². The molecule has 6 heteroatoms. The fraction of sp³-hybridized carbons (Fsp3) is 0.875. The van der Waals surface area contributed by atoms with E-state index in [0.717, 1.165) is 19.3 Å². The third kappa shape index (κ3) is 1.77. The van der Waals surface area contributed by atoms with Gasteiger partial charge in [-0.1, -0.05) is 13.8 Å². The summed E-state index contributed by atoms with van der Waals surface area (Å²) in [6, 6.07) is 0. The molecule has 0 radical (unpaired) electrons. The van der Waals surface area contributed by atoms with Crippen LogP contribution in [0.25, 0.3) is 0 Å². The Kier molecular flexibility index (Phi) is 3.14. The molecular weight excluding hydrogens is 294 g/mol. The molecule has 0 amide bonds. The molecule has 4 nitrogen and oxygen atoms in total. The Bertz CT molecular complexity index is 520. The molecule has 5 fully saturated rings. The van der Waals surface area contributed by atoms with Gasteiger partial charge in [-0.2, -0.15) is 8.78 Å². The molecule has 1 saturated carbocycles. The lowest BCUT2D eigenvalue weighted by Crippen LogP contribution is -2.68. The highest BCUT2D eigenvalue weighted by molar-refractivity contribution is 5.16. The van der Waals surface area contributed by atoms with Crippen molar-refractivity contribution in [1.29, 1.82) is 0 Å². The van der Waals surface area contributed by atoms with Gasteiger partial charge in [-0.15, -0.1) is 0 Å². The second-order valence-corrected chi connectivity index (χ2v) is 7.44. The molecule has 22 heavy (non-hydrogen) atoms. The molecule has 5 rings (SSSR count). The summed E-state index contributed by atoms with van der Waals surface area (Å²) in [4.78, 5) is 11.5. The molecule has 5 aliphatic rings. The molecule has 4 heterocycles. The van der Waals surface area contributed by atoms with Crippen molar-refractivity contribution in [1.82, 2.24) is 0 Å². The minimum atomic E-state index is -1.76. The number of fused-ring (bicyclic) bond motifs is 2. The van der Waals surface area contributed by atoms with Crippen LogP contribution in [0.1, 0.15) is 46.5 Å². The van der Waals surface area contributed by atoms with Crippen LogP contribution in [0.15, 0.2) is 11.8 Å². The van der Waals surface area contributed by atoms with Crippen molar-refractivity contribution >= 4 is 0 Å². The topological polar surface area (TPSA) is 36.9 Å². The zero-order chi connectivity index (χ0) is 15.7. The third-order valence-corrected chi connectivity index (χ3v) is 6.21. The number of halogens is 2. The van der Waals surface area contributed by atoms with Crippen molar-refractivity contribution in [2.75, 3.05) is 0 Å². The summed E-state index contributed by atoms with van der Waals surface area (Å²) >= 11 is 0. The maximum absolute atomic E-state index is 13.3. The number of hydrogen-bond donors (Lipinski definition) is 0. The van der Waals surface area contributed by atoms with Gasteiger partial charge in [0.2, 0.25) is 12.1 Å². The normalized spacial score (nSPS) is 53.5. The van der Waals surface area contributed by atoms with E-state index < -0.39 is 29.7 Å². The first-order valence-electron chi connectivity index (χ1n) is 8.14. The first-order chi connectivity index (χ1) is 10.4. The molecule has 7 atom stereocenters. The number of hydrogen-bond acceptors (Lipinski definition) is 4. The van der Waals surface area contributed by atoms with E-state index in [0.29, 0.717) is 12.3 Å². The lowest BCUT2D eigenvalue weighted by Gasteiger charge is -2.58. The van der Waals surface area contributed by atoms with Crippen molar-refractivity contribution in [2.24, 2.45) is 23.7 Å². The Morgan fingerprint density at radius 2 is 1.86 bits per heavy atom. The summed E-state index contributed by atoms with van der Waals surface area (Å²) in [7, 11) is 0. The Hall–Kier alpha value is -0.720. The first-order valence-corrected chi connectivity index (χ1v) is 8.14. The van der Waals surface area contributed by atoms with Gasteiger partial charge in [0.25, 0.3) is 0 Å². The quantitative estimate of drug-likeness (QED) is 0.634. The summed E-state index contributed by atoms with van der Waals surface area (Å²) in [5, 5.41) is 0. The average molecular weight is 316 g/mol. The molecule has 0 aromatic carbocycles. The molecule has 2 bridgehead atoms. The molecule has 0 aromatic rings. The lowest BCUT2D eigenvalue weighted by molar-refractivity contribution is -0.562. The fourth-order valence-corrected chi connectivity index (χ4v) is 5.01. The minimum absolute atomic E-state index is 0.0772. The van der Waals surface area contributed by atoms with Gasteiger partial charge in [0.1, 0.15) is 0 Å². The van der Waals surface area contributed by atoms with Crippen molar-refractivity contribution in [3.05, 3.63) is 11.8 Å². The molecule has 4 aliphatic heterocycles. The highest BCUT2D eigenvalue weighted by atomic mass is 19.3. The molecule has 124 valence electrons. The highest BCUT2D eigenvalue weighted by Crippen LogP contribution is 2.61. The van der Waals surface area contributed by atoms with Gasteiger partial charge in [-0.3, -0.25) is 0 Å². The van der Waals surface area contributed by atoms with Crippen molar-refractivity contribution < 1.29 is 28.0 Å². The van der Waals surface area contributed by atoms with Gasteiger partial charge < -0.3 is 9.47 Å². The van der Waals surface area contributed by atoms with Gasteiger partial charge in [0.05, 0.1) is 0 Å². The molecule has 0 unspecified atom stereocenters. The van der Waals surface area contributed by atoms with Crippen LogP contribution in [0.4, 0.5) is 8.78 Å². The van der Waals surface area contributed by atoms with Crippen LogP contribution >= 0.6 is 0 Å². The predicted molar refractivity (Wildman–Crippen MR) is 72.3 cm³/mol. The Morgan fingerprint density at radius 3 is 2.59 bits per heavy atom. The molecule has 1 aliphatic carbocycles. The molecule has 0 N–H and O–H groups in total. The van der Waals surface area contributed by atoms with Crippen molar-refractivity contribution in [3.8, 4) is 0 Å². The van der Waals surface area contributed by atoms with E-state index in [-0.39, 0.29) is 17.6 Å². The highest BCUT2D eigenvalue weighted by Gasteiger charge is 2.69. The van der Waals surface area contributed by atoms with Gasteiger partial charge in [-0.05, 0) is 32.1 Å². The summed E-state index contributed by atoms with van der Waals surface area (Å²) in [6.07, 6.45) is 0.833. The maximum atomic E-state index is 13.3. The average Bonchev–Trinajstić information content (AvgIpc) is 2.69. The Morgan fingerprint density at radius 1 is 1.09 bits per heavy atom. The summed E-state index contributed by atoms with van der Waals surface area (Å²) in [5.41, 5.74) is -0.772. The van der Waals surface area contributed by atoms with E-state index >= 15 is 0 Å². The van der Waals surface area contributed by atoms with E-state index in [1.54, 1.807) is 13.8 Å². The van der Waals surface area contributed by atoms with E-state index in [4.69, 9.17) is 19.2 Å². The summed E-state index contributed by atoms with van der Waals surface area (Å²) in [5.74, 6) is -1.00. The van der Waals surface area contributed by atoms with Gasteiger partial charge in [0, 0.05) is 24.2 Å². The number of ether oxygens (including phenoxy) is 2. The van der Waals surface area contributed by atoms with E-state index in [2.05, 4.69) is 6.92 Å². The smallest absolute Gasteiger partial charge is 0.308 e. The van der Waals surface area contributed by atoms with Crippen LogP contribution in [0.5, 0.6) is 0 Å². The van der Waals surface area contributed by atoms with Gasteiger partial charge in [0.15, 0.2) is 11.4 Å². The monoisotopic (exact) mass is 316 g/mol. The Balaban J connectivity index is 1.84. The number of allylic oxidation sites excluding steroid dienone is 1. The largest absolute Gasteiger partial charge is 0.460 e. The van der Waals surface area contributed by atoms with Gasteiger partial charge in [-0.25, -0.2) is 9.78 Å². The van der Waals surface area contributed by atoms with Crippen LogP contribution in [-0.4, -0.2) is 17.7 Å². The van der Waals surface area contributed by atoms with Crippen LogP contribution in [0.3, 0.4) is 0 Å². The summed E-state index contributed by atoms with van der Waals surface area (Å²) in [6.45, 7) is 5.77. The van der Waals surface area contributed by atoms with Crippen molar-refractivity contribution in [2.45, 2.75) is 64.1 Å². The SMILES string of the molecule is C[C@@H]1CC[C@H]2[C@@H](C)C(=C(F)F)O[C@@H]3O[C@]4(C)CC[C@@H]1[C@]32OO4. The lowest BCUT2D eigenvalue weighted by atomic mass is 9.58. The molecular formula is C16H22F2O4. The predicted octanol–water partition coefficient (Wildman–Crippen LogP) is 3.98. The fourth-order valence-electron chi connectivity index (χ4n) is 5.01. The standard InChI is InChI=1S/C16H22F2O4/c1-8-4-5-11-9(2)12(13(17)18)19-14-16(11)10(8)6-7-15(3,20-14)21-22-16/h8-11,14H,4-7H2,1-3H3/t8-,9-,10+,11+,14-,15+,16-/m1/s1. The van der Waals surface area contributed by atoms with E-state index in [1.165, 1.54) is 0 Å². The van der Waals surface area contributed by atoms with Crippen LogP contribution in [0, 0.1) is 23.7 Å². The Labute approximate surface area is 128 Å². The van der Waals surface area contributed by atoms with Crippen LogP contribution in [-0.2, 0) is 19.2 Å². The van der Waals surface area contributed by atoms with Crippen LogP contribution in [0.2, 0.25) is 0 Å². The number of rotatable bonds is 0.